The molecule has 0 saturated carbocycles. The summed E-state index contributed by atoms with van der Waals surface area (Å²) < 4.78 is 11.1. The van der Waals surface area contributed by atoms with Gasteiger partial charge in [0.1, 0.15) is 12.3 Å². The van der Waals surface area contributed by atoms with E-state index in [2.05, 4.69) is 10.3 Å². The lowest BCUT2D eigenvalue weighted by Crippen LogP contribution is -2.23. The van der Waals surface area contributed by atoms with Crippen LogP contribution >= 0.6 is 11.3 Å². The van der Waals surface area contributed by atoms with Crippen molar-refractivity contribution in [2.75, 3.05) is 40.9 Å². The third-order valence-corrected chi connectivity index (χ3v) is 4.53. The molecule has 3 N–H and O–H groups in total. The second kappa shape index (κ2) is 10.1. The zero-order valence-corrected chi connectivity index (χ0v) is 16.3. The summed E-state index contributed by atoms with van der Waals surface area (Å²) in [5.74, 6) is 1.14. The first-order valence-electron chi connectivity index (χ1n) is 8.40. The smallest absolute Gasteiger partial charge is 0.271 e. The normalized spacial score (nSPS) is 10.8. The number of nitrogens with zero attached hydrogens (tertiary/aromatic N) is 2. The van der Waals surface area contributed by atoms with Crippen molar-refractivity contribution in [3.8, 4) is 11.5 Å². The Bertz CT molecular complexity index is 718. The minimum atomic E-state index is -0.199. The molecule has 0 unspecified atom stereocenters. The van der Waals surface area contributed by atoms with E-state index in [0.29, 0.717) is 43.3 Å². The van der Waals surface area contributed by atoms with Gasteiger partial charge in [-0.15, -0.1) is 11.3 Å². The first-order valence-corrected chi connectivity index (χ1v) is 9.28. The van der Waals surface area contributed by atoms with Gasteiger partial charge in [0.2, 0.25) is 0 Å². The lowest BCUT2D eigenvalue weighted by Gasteiger charge is -2.14. The summed E-state index contributed by atoms with van der Waals surface area (Å²) in [4.78, 5) is 18.5. The number of aromatic nitrogens is 1. The molecule has 7 nitrogen and oxygen atoms in total. The molecule has 26 heavy (non-hydrogen) atoms. The quantitative estimate of drug-likeness (QED) is 0.652. The fourth-order valence-electron chi connectivity index (χ4n) is 2.21. The summed E-state index contributed by atoms with van der Waals surface area (Å²) in [5.41, 5.74) is 6.86. The second-order valence-electron chi connectivity index (χ2n) is 5.98. The van der Waals surface area contributed by atoms with Crippen molar-refractivity contribution in [2.45, 2.75) is 13.0 Å². The van der Waals surface area contributed by atoms with E-state index in [1.165, 1.54) is 11.3 Å². The maximum atomic E-state index is 12.2. The summed E-state index contributed by atoms with van der Waals surface area (Å²) in [6.07, 6.45) is 0.685. The molecular weight excluding hydrogens is 352 g/mol. The van der Waals surface area contributed by atoms with Gasteiger partial charge in [-0.1, -0.05) is 6.07 Å². The van der Waals surface area contributed by atoms with Gasteiger partial charge in [0.05, 0.1) is 12.1 Å². The summed E-state index contributed by atoms with van der Waals surface area (Å²) in [6, 6.07) is 5.64. The minimum absolute atomic E-state index is 0.199. The average molecular weight is 378 g/mol. The topological polar surface area (TPSA) is 89.7 Å². The third-order valence-electron chi connectivity index (χ3n) is 3.62. The summed E-state index contributed by atoms with van der Waals surface area (Å²) in [5, 5.41) is 5.50. The van der Waals surface area contributed by atoms with Crippen molar-refractivity contribution in [3.05, 3.63) is 39.8 Å². The van der Waals surface area contributed by atoms with E-state index in [9.17, 15) is 4.79 Å². The zero-order chi connectivity index (χ0) is 18.9. The Morgan fingerprint density at radius 1 is 1.35 bits per heavy atom. The molecule has 1 amide bonds. The molecule has 0 radical (unpaired) electrons. The van der Waals surface area contributed by atoms with Crippen molar-refractivity contribution < 1.29 is 14.3 Å². The lowest BCUT2D eigenvalue weighted by molar-refractivity contribution is 0.0946. The number of benzene rings is 1. The first kappa shape index (κ1) is 20.2. The number of nitrogens with two attached hydrogens (primary N) is 1. The fourth-order valence-corrected chi connectivity index (χ4v) is 3.00. The molecule has 1 aromatic carbocycles. The van der Waals surface area contributed by atoms with Gasteiger partial charge >= 0.3 is 0 Å². The van der Waals surface area contributed by atoms with Crippen LogP contribution in [0.3, 0.4) is 0 Å². The van der Waals surface area contributed by atoms with Gasteiger partial charge < -0.3 is 25.4 Å². The van der Waals surface area contributed by atoms with Gasteiger partial charge in [-0.2, -0.15) is 0 Å². The Hall–Kier alpha value is -2.16. The predicted molar refractivity (Wildman–Crippen MR) is 103 cm³/mol. The molecule has 142 valence electrons. The van der Waals surface area contributed by atoms with Crippen LogP contribution in [0, 0.1) is 0 Å². The van der Waals surface area contributed by atoms with Gasteiger partial charge in [-0.3, -0.25) is 4.79 Å². The van der Waals surface area contributed by atoms with Crippen LogP contribution in [0.4, 0.5) is 0 Å². The van der Waals surface area contributed by atoms with Crippen LogP contribution in [-0.4, -0.2) is 56.7 Å². The number of rotatable bonds is 10. The van der Waals surface area contributed by atoms with E-state index < -0.39 is 0 Å². The molecule has 0 aliphatic rings. The molecule has 0 aliphatic heterocycles. The van der Waals surface area contributed by atoms with Crippen LogP contribution in [-0.2, 0) is 13.0 Å². The molecule has 2 aromatic rings. The van der Waals surface area contributed by atoms with E-state index in [4.69, 9.17) is 15.2 Å². The largest absolute Gasteiger partial charge is 0.493 e. The molecule has 2 rings (SSSR count). The number of hydrogen-bond donors (Lipinski definition) is 2. The van der Waals surface area contributed by atoms with Crippen molar-refractivity contribution in [1.82, 2.24) is 15.2 Å². The highest BCUT2D eigenvalue weighted by atomic mass is 32.1. The van der Waals surface area contributed by atoms with Gasteiger partial charge in [-0.05, 0) is 38.3 Å². The third kappa shape index (κ3) is 5.98. The lowest BCUT2D eigenvalue weighted by atomic mass is 10.2. The monoisotopic (exact) mass is 378 g/mol. The Morgan fingerprint density at radius 3 is 2.85 bits per heavy atom. The SMILES string of the molecule is COc1cc(CNC(=O)c2csc(CCN)n2)ccc1OCCN(C)C. The molecule has 0 aliphatic carbocycles. The molecule has 0 atom stereocenters. The van der Waals surface area contributed by atoms with E-state index in [1.54, 1.807) is 12.5 Å². The molecule has 1 heterocycles. The standard InChI is InChI=1S/C18H26N4O3S/c1-22(2)8-9-25-15-5-4-13(10-16(15)24-3)11-20-18(23)14-12-26-17(21-14)6-7-19/h4-5,10,12H,6-9,11,19H2,1-3H3,(H,20,23). The van der Waals surface area contributed by atoms with E-state index >= 15 is 0 Å². The van der Waals surface area contributed by atoms with Crippen molar-refractivity contribution >= 4 is 17.2 Å². The number of likely N-dealkylation sites (N-methyl/N-ethyl adjacent to an activating group) is 1. The Morgan fingerprint density at radius 2 is 2.15 bits per heavy atom. The molecular formula is C18H26N4O3S. The Labute approximate surface area is 158 Å². The molecule has 0 spiro atoms. The van der Waals surface area contributed by atoms with Crippen molar-refractivity contribution in [2.24, 2.45) is 5.73 Å². The maximum Gasteiger partial charge on any atom is 0.271 e. The first-order chi connectivity index (χ1) is 12.5. The van der Waals surface area contributed by atoms with Crippen LogP contribution in [0.2, 0.25) is 0 Å². The maximum absolute atomic E-state index is 12.2. The highest BCUT2D eigenvalue weighted by molar-refractivity contribution is 7.09. The number of carbonyl (C=O) groups is 1. The van der Waals surface area contributed by atoms with Crippen LogP contribution in [0.15, 0.2) is 23.6 Å². The van der Waals surface area contributed by atoms with Crippen LogP contribution < -0.4 is 20.5 Å². The van der Waals surface area contributed by atoms with Crippen LogP contribution in [0.25, 0.3) is 0 Å². The van der Waals surface area contributed by atoms with Gasteiger partial charge in [0.25, 0.3) is 5.91 Å². The van der Waals surface area contributed by atoms with E-state index in [1.807, 2.05) is 37.2 Å². The molecule has 0 bridgehead atoms. The van der Waals surface area contributed by atoms with Gasteiger partial charge in [0.15, 0.2) is 11.5 Å². The van der Waals surface area contributed by atoms with Gasteiger partial charge in [0, 0.05) is 24.9 Å². The number of nitrogens with one attached hydrogen (secondary N) is 1. The highest BCUT2D eigenvalue weighted by Gasteiger charge is 2.11. The summed E-state index contributed by atoms with van der Waals surface area (Å²) in [7, 11) is 5.59. The van der Waals surface area contributed by atoms with E-state index in [-0.39, 0.29) is 5.91 Å². The minimum Gasteiger partial charge on any atom is -0.493 e. The summed E-state index contributed by atoms with van der Waals surface area (Å²) >= 11 is 1.45. The highest BCUT2D eigenvalue weighted by Crippen LogP contribution is 2.28. The molecule has 1 aromatic heterocycles. The number of hydrogen-bond acceptors (Lipinski definition) is 7. The predicted octanol–water partition coefficient (Wildman–Crippen LogP) is 1.52. The van der Waals surface area contributed by atoms with E-state index in [0.717, 1.165) is 17.1 Å². The Balaban J connectivity index is 1.93. The molecule has 8 heteroatoms. The number of ether oxygens (including phenoxy) is 2. The second-order valence-corrected chi connectivity index (χ2v) is 6.93. The van der Waals surface area contributed by atoms with Crippen LogP contribution in [0.5, 0.6) is 11.5 Å². The average Bonchev–Trinajstić information content (AvgIpc) is 3.09. The van der Waals surface area contributed by atoms with Crippen molar-refractivity contribution in [3.63, 3.8) is 0 Å². The zero-order valence-electron chi connectivity index (χ0n) is 15.4. The fraction of sp³-hybridized carbons (Fsp3) is 0.444. The molecule has 0 fully saturated rings. The summed E-state index contributed by atoms with van der Waals surface area (Å²) in [6.45, 7) is 2.31. The van der Waals surface area contributed by atoms with Gasteiger partial charge in [-0.25, -0.2) is 4.98 Å². The number of amides is 1. The number of thiazole rings is 1. The van der Waals surface area contributed by atoms with Crippen LogP contribution in [0.1, 0.15) is 21.1 Å². The Kier molecular flexibility index (Phi) is 7.83. The number of methoxy groups -OCH3 is 1. The number of carbonyl (C=O) groups excluding carboxylic acids is 1. The van der Waals surface area contributed by atoms with Crippen molar-refractivity contribution in [1.29, 1.82) is 0 Å². The molecule has 0 saturated heterocycles.